The maximum absolute atomic E-state index is 12.2. The smallest absolute Gasteiger partial charge is 0.167 e. The van der Waals surface area contributed by atoms with E-state index in [1.54, 1.807) is 36.4 Å². The minimum Gasteiger partial charge on any atom is -0.294 e. The number of ketones is 1. The van der Waals surface area contributed by atoms with E-state index < -0.39 is 0 Å². The van der Waals surface area contributed by atoms with E-state index in [0.717, 1.165) is 4.47 Å². The van der Waals surface area contributed by atoms with E-state index in [-0.39, 0.29) is 12.2 Å². The molecule has 0 bridgehead atoms. The van der Waals surface area contributed by atoms with Crippen molar-refractivity contribution in [3.05, 3.63) is 67.1 Å². The first-order valence-electron chi connectivity index (χ1n) is 5.40. The molecule has 0 unspecified atom stereocenters. The molecule has 0 radical (unpaired) electrons. The van der Waals surface area contributed by atoms with Gasteiger partial charge in [0.2, 0.25) is 0 Å². The Morgan fingerprint density at radius 1 is 1.00 bits per heavy atom. The number of benzene rings is 2. The zero-order valence-corrected chi connectivity index (χ0v) is 13.4. The standard InChI is InChI=1S/C14H8BrCl3O/c15-10-5-4-8(6-13(10)18)14(19)7-9-11(16)2-1-3-12(9)17/h1-6H,7H2. The van der Waals surface area contributed by atoms with Crippen molar-refractivity contribution in [1.29, 1.82) is 0 Å². The molecule has 98 valence electrons. The minimum atomic E-state index is -0.0793. The van der Waals surface area contributed by atoms with Gasteiger partial charge in [0.25, 0.3) is 0 Å². The molecular formula is C14H8BrCl3O. The molecule has 2 aromatic carbocycles. The second-order valence-electron chi connectivity index (χ2n) is 3.93. The molecule has 19 heavy (non-hydrogen) atoms. The van der Waals surface area contributed by atoms with Crippen molar-refractivity contribution in [2.45, 2.75) is 6.42 Å². The van der Waals surface area contributed by atoms with E-state index in [2.05, 4.69) is 15.9 Å². The third-order valence-corrected chi connectivity index (χ3v) is 4.58. The third-order valence-electron chi connectivity index (χ3n) is 2.64. The third kappa shape index (κ3) is 3.51. The first-order chi connectivity index (χ1) is 8.99. The summed E-state index contributed by atoms with van der Waals surface area (Å²) in [6, 6.07) is 10.2. The summed E-state index contributed by atoms with van der Waals surface area (Å²) in [4.78, 5) is 12.2. The monoisotopic (exact) mass is 376 g/mol. The molecule has 0 heterocycles. The molecule has 1 nitrogen and oxygen atoms in total. The normalized spacial score (nSPS) is 10.5. The fourth-order valence-corrected chi connectivity index (χ4v) is 2.59. The van der Waals surface area contributed by atoms with Crippen LogP contribution in [0.1, 0.15) is 15.9 Å². The number of hydrogen-bond acceptors (Lipinski definition) is 1. The van der Waals surface area contributed by atoms with Crippen LogP contribution >= 0.6 is 50.7 Å². The number of Topliss-reactive ketones (excluding diaryl/α,β-unsaturated/α-hetero) is 1. The minimum absolute atomic E-state index is 0.0793. The first-order valence-corrected chi connectivity index (χ1v) is 7.33. The number of carbonyl (C=O) groups excluding carboxylic acids is 1. The predicted molar refractivity (Wildman–Crippen MR) is 83.6 cm³/mol. The molecule has 0 fully saturated rings. The van der Waals surface area contributed by atoms with Gasteiger partial charge >= 0.3 is 0 Å². The maximum atomic E-state index is 12.2. The highest BCUT2D eigenvalue weighted by Crippen LogP contribution is 2.27. The SMILES string of the molecule is O=C(Cc1c(Cl)cccc1Cl)c1ccc(Br)c(Cl)c1. The van der Waals surface area contributed by atoms with Crippen molar-refractivity contribution >= 4 is 56.5 Å². The van der Waals surface area contributed by atoms with Crippen LogP contribution in [0.25, 0.3) is 0 Å². The van der Waals surface area contributed by atoms with Gasteiger partial charge in [-0.05, 0) is 45.8 Å². The lowest BCUT2D eigenvalue weighted by Crippen LogP contribution is -2.04. The molecule has 2 aromatic rings. The average Bonchev–Trinajstić information content (AvgIpc) is 2.37. The summed E-state index contributed by atoms with van der Waals surface area (Å²) in [6.07, 6.45) is 0.149. The van der Waals surface area contributed by atoms with Crippen LogP contribution in [0.2, 0.25) is 15.1 Å². The van der Waals surface area contributed by atoms with E-state index in [9.17, 15) is 4.79 Å². The summed E-state index contributed by atoms with van der Waals surface area (Å²) in [6.45, 7) is 0. The van der Waals surface area contributed by atoms with Crippen molar-refractivity contribution in [2.24, 2.45) is 0 Å². The van der Waals surface area contributed by atoms with Crippen LogP contribution in [0.5, 0.6) is 0 Å². The van der Waals surface area contributed by atoms with Crippen LogP contribution in [0.3, 0.4) is 0 Å². The molecule has 0 aliphatic rings. The zero-order valence-electron chi connectivity index (χ0n) is 9.59. The Labute approximate surface area is 134 Å². The average molecular weight is 378 g/mol. The summed E-state index contributed by atoms with van der Waals surface area (Å²) in [5.74, 6) is -0.0793. The Morgan fingerprint density at radius 3 is 2.21 bits per heavy atom. The van der Waals surface area contributed by atoms with Gasteiger partial charge in [-0.15, -0.1) is 0 Å². The lowest BCUT2D eigenvalue weighted by atomic mass is 10.0. The molecule has 5 heteroatoms. The van der Waals surface area contributed by atoms with Gasteiger partial charge in [-0.2, -0.15) is 0 Å². The molecular weight excluding hydrogens is 370 g/mol. The second kappa shape index (κ2) is 6.27. The Balaban J connectivity index is 2.28. The Morgan fingerprint density at radius 2 is 1.63 bits per heavy atom. The van der Waals surface area contributed by atoms with E-state index >= 15 is 0 Å². The molecule has 0 amide bonds. The number of rotatable bonds is 3. The Hall–Kier alpha value is -0.540. The first kappa shape index (κ1) is 14.9. The van der Waals surface area contributed by atoms with Gasteiger partial charge in [-0.3, -0.25) is 4.79 Å². The van der Waals surface area contributed by atoms with Gasteiger partial charge in [-0.1, -0.05) is 46.9 Å². The summed E-state index contributed by atoms with van der Waals surface area (Å²) >= 11 is 21.3. The van der Waals surface area contributed by atoms with E-state index in [1.165, 1.54) is 0 Å². The number of hydrogen-bond donors (Lipinski definition) is 0. The van der Waals surface area contributed by atoms with Crippen LogP contribution < -0.4 is 0 Å². The lowest BCUT2D eigenvalue weighted by molar-refractivity contribution is 0.0993. The van der Waals surface area contributed by atoms with E-state index in [4.69, 9.17) is 34.8 Å². The lowest BCUT2D eigenvalue weighted by Gasteiger charge is -2.07. The highest BCUT2D eigenvalue weighted by Gasteiger charge is 2.13. The van der Waals surface area contributed by atoms with Gasteiger partial charge in [-0.25, -0.2) is 0 Å². The molecule has 0 spiro atoms. The van der Waals surface area contributed by atoms with Crippen LogP contribution in [0, 0.1) is 0 Å². The fourth-order valence-electron chi connectivity index (χ4n) is 1.63. The number of carbonyl (C=O) groups is 1. The van der Waals surface area contributed by atoms with Crippen LogP contribution in [-0.4, -0.2) is 5.78 Å². The molecule has 0 atom stereocenters. The summed E-state index contributed by atoms with van der Waals surface area (Å²) in [5.41, 5.74) is 1.17. The molecule has 0 saturated heterocycles. The quantitative estimate of drug-likeness (QED) is 0.614. The maximum Gasteiger partial charge on any atom is 0.167 e. The second-order valence-corrected chi connectivity index (χ2v) is 6.00. The van der Waals surface area contributed by atoms with Crippen LogP contribution in [-0.2, 0) is 6.42 Å². The van der Waals surface area contributed by atoms with Crippen molar-refractivity contribution in [3.8, 4) is 0 Å². The summed E-state index contributed by atoms with van der Waals surface area (Å²) in [5, 5.41) is 1.48. The summed E-state index contributed by atoms with van der Waals surface area (Å²) in [7, 11) is 0. The van der Waals surface area contributed by atoms with Crippen LogP contribution in [0.4, 0.5) is 0 Å². The highest BCUT2D eigenvalue weighted by atomic mass is 79.9. The van der Waals surface area contributed by atoms with Gasteiger partial charge in [0, 0.05) is 26.5 Å². The van der Waals surface area contributed by atoms with Gasteiger partial charge in [0.15, 0.2) is 5.78 Å². The van der Waals surface area contributed by atoms with Crippen molar-refractivity contribution < 1.29 is 4.79 Å². The molecule has 0 aliphatic carbocycles. The van der Waals surface area contributed by atoms with Crippen molar-refractivity contribution in [1.82, 2.24) is 0 Å². The van der Waals surface area contributed by atoms with Crippen molar-refractivity contribution in [3.63, 3.8) is 0 Å². The molecule has 0 aliphatic heterocycles. The van der Waals surface area contributed by atoms with Gasteiger partial charge in [0.1, 0.15) is 0 Å². The Bertz CT molecular complexity index is 620. The largest absolute Gasteiger partial charge is 0.294 e. The molecule has 2 rings (SSSR count). The highest BCUT2D eigenvalue weighted by molar-refractivity contribution is 9.10. The summed E-state index contributed by atoms with van der Waals surface area (Å²) < 4.78 is 0.751. The Kier molecular flexibility index (Phi) is 4.91. The van der Waals surface area contributed by atoms with E-state index in [1.807, 2.05) is 0 Å². The molecule has 0 N–H and O–H groups in total. The zero-order chi connectivity index (χ0) is 14.0. The topological polar surface area (TPSA) is 17.1 Å². The van der Waals surface area contributed by atoms with E-state index in [0.29, 0.717) is 26.2 Å². The van der Waals surface area contributed by atoms with Crippen LogP contribution in [0.15, 0.2) is 40.9 Å². The van der Waals surface area contributed by atoms with Crippen molar-refractivity contribution in [2.75, 3.05) is 0 Å². The van der Waals surface area contributed by atoms with Gasteiger partial charge < -0.3 is 0 Å². The molecule has 0 aromatic heterocycles. The number of halogens is 4. The molecule has 0 saturated carbocycles. The fraction of sp³-hybridized carbons (Fsp3) is 0.0714. The van der Waals surface area contributed by atoms with Gasteiger partial charge in [0.05, 0.1) is 5.02 Å². The predicted octanol–water partition coefficient (Wildman–Crippen LogP) is 5.83.